The van der Waals surface area contributed by atoms with Gasteiger partial charge in [0.1, 0.15) is 0 Å². The monoisotopic (exact) mass is 163 g/mol. The highest BCUT2D eigenvalue weighted by Crippen LogP contribution is 2.24. The van der Waals surface area contributed by atoms with E-state index in [2.05, 4.69) is 0 Å². The minimum absolute atomic E-state index is 0.233. The van der Waals surface area contributed by atoms with Gasteiger partial charge in [-0.2, -0.15) is 5.06 Å². The fourth-order valence-electron chi connectivity index (χ4n) is 1.54. The largest absolute Gasteiger partial charge is 0.313 e. The Hall–Kier alpha value is 0.210. The van der Waals surface area contributed by atoms with Gasteiger partial charge in [-0.25, -0.2) is 0 Å². The molecule has 1 aliphatic rings. The zero-order valence-electron chi connectivity index (χ0n) is 6.09. The van der Waals surface area contributed by atoms with E-state index in [9.17, 15) is 0 Å². The van der Waals surface area contributed by atoms with E-state index in [0.29, 0.717) is 5.92 Å². The number of halogens is 1. The molecule has 0 saturated heterocycles. The van der Waals surface area contributed by atoms with Crippen molar-refractivity contribution in [2.45, 2.75) is 25.7 Å². The molecule has 0 spiro atoms. The summed E-state index contributed by atoms with van der Waals surface area (Å²) in [6.07, 6.45) is 5.16. The van der Waals surface area contributed by atoms with Crippen molar-refractivity contribution in [3.05, 3.63) is 0 Å². The second kappa shape index (κ2) is 4.16. The molecule has 0 heterocycles. The predicted molar refractivity (Wildman–Crippen MR) is 41.2 cm³/mol. The van der Waals surface area contributed by atoms with E-state index >= 15 is 0 Å². The van der Waals surface area contributed by atoms with Crippen LogP contribution >= 0.6 is 11.6 Å². The topological polar surface area (TPSA) is 23.5 Å². The molecule has 1 aliphatic carbocycles. The average molecular weight is 164 g/mol. The van der Waals surface area contributed by atoms with Crippen molar-refractivity contribution in [3.8, 4) is 0 Å². The van der Waals surface area contributed by atoms with Gasteiger partial charge in [0.25, 0.3) is 0 Å². The zero-order chi connectivity index (χ0) is 7.40. The normalized spacial score (nSPS) is 20.7. The van der Waals surface area contributed by atoms with Crippen LogP contribution in [0.5, 0.6) is 0 Å². The molecule has 2 nitrogen and oxygen atoms in total. The fraction of sp³-hybridized carbons (Fsp3) is 1.00. The minimum atomic E-state index is 0.233. The van der Waals surface area contributed by atoms with Crippen molar-refractivity contribution in [1.82, 2.24) is 5.06 Å². The predicted octanol–water partition coefficient (Wildman–Crippen LogP) is 2.06. The molecular weight excluding hydrogens is 150 g/mol. The van der Waals surface area contributed by atoms with E-state index in [1.165, 1.54) is 30.7 Å². The van der Waals surface area contributed by atoms with Gasteiger partial charge in [-0.1, -0.05) is 12.8 Å². The molecule has 1 rings (SSSR count). The van der Waals surface area contributed by atoms with Gasteiger partial charge in [-0.05, 0) is 18.8 Å². The van der Waals surface area contributed by atoms with E-state index in [1.807, 2.05) is 0 Å². The Bertz CT molecular complexity index is 93.6. The van der Waals surface area contributed by atoms with Crippen LogP contribution in [-0.4, -0.2) is 22.8 Å². The molecule has 0 unspecified atom stereocenters. The van der Waals surface area contributed by atoms with Crippen molar-refractivity contribution in [3.63, 3.8) is 0 Å². The Morgan fingerprint density at radius 2 is 2.00 bits per heavy atom. The first-order chi connectivity index (χ1) is 4.83. The van der Waals surface area contributed by atoms with Gasteiger partial charge in [-0.15, -0.1) is 11.6 Å². The molecular formula is C7H14ClNO. The number of hydroxylamine groups is 2. The van der Waals surface area contributed by atoms with Crippen molar-refractivity contribution in [1.29, 1.82) is 0 Å². The van der Waals surface area contributed by atoms with Crippen LogP contribution in [0.25, 0.3) is 0 Å². The second-order valence-corrected chi connectivity index (χ2v) is 3.20. The highest BCUT2D eigenvalue weighted by molar-refractivity contribution is 6.17. The van der Waals surface area contributed by atoms with Crippen LogP contribution in [0.1, 0.15) is 25.7 Å². The van der Waals surface area contributed by atoms with Crippen LogP contribution in [0, 0.1) is 5.92 Å². The molecule has 10 heavy (non-hydrogen) atoms. The summed E-state index contributed by atoms with van der Waals surface area (Å²) in [6, 6.07) is 0.233. The Kier molecular flexibility index (Phi) is 3.46. The molecule has 0 aliphatic heterocycles. The summed E-state index contributed by atoms with van der Waals surface area (Å²) in [5.74, 6) is 0.684. The number of rotatable bonds is 3. The van der Waals surface area contributed by atoms with Crippen LogP contribution in [0.3, 0.4) is 0 Å². The van der Waals surface area contributed by atoms with Gasteiger partial charge in [0, 0.05) is 6.54 Å². The lowest BCUT2D eigenvalue weighted by Gasteiger charge is -2.15. The number of alkyl halides is 1. The molecule has 0 aromatic rings. The molecule has 60 valence electrons. The Balaban J connectivity index is 2.11. The number of hydrogen-bond acceptors (Lipinski definition) is 2. The van der Waals surface area contributed by atoms with E-state index in [1.54, 1.807) is 0 Å². The lowest BCUT2D eigenvalue weighted by Crippen LogP contribution is -2.23. The van der Waals surface area contributed by atoms with E-state index in [-0.39, 0.29) is 6.00 Å². The maximum absolute atomic E-state index is 9.02. The van der Waals surface area contributed by atoms with E-state index < -0.39 is 0 Å². The van der Waals surface area contributed by atoms with Gasteiger partial charge >= 0.3 is 0 Å². The van der Waals surface area contributed by atoms with Gasteiger partial charge < -0.3 is 5.21 Å². The average Bonchev–Trinajstić information content (AvgIpc) is 2.40. The molecule has 3 heteroatoms. The first kappa shape index (κ1) is 8.31. The minimum Gasteiger partial charge on any atom is -0.313 e. The maximum atomic E-state index is 9.02. The lowest BCUT2D eigenvalue weighted by atomic mass is 10.1. The molecule has 0 bridgehead atoms. The number of hydrogen-bond donors (Lipinski definition) is 1. The zero-order valence-corrected chi connectivity index (χ0v) is 6.85. The summed E-state index contributed by atoms with van der Waals surface area (Å²) in [5, 5.41) is 10.2. The van der Waals surface area contributed by atoms with E-state index in [4.69, 9.17) is 16.8 Å². The molecule has 1 N–H and O–H groups in total. The van der Waals surface area contributed by atoms with Crippen molar-refractivity contribution in [2.24, 2.45) is 5.92 Å². The molecule has 1 fully saturated rings. The SMILES string of the molecule is ON(CCl)CC1CCCC1. The van der Waals surface area contributed by atoms with Crippen LogP contribution < -0.4 is 0 Å². The van der Waals surface area contributed by atoms with E-state index in [0.717, 1.165) is 6.54 Å². The third-order valence-corrected chi connectivity index (χ3v) is 2.36. The van der Waals surface area contributed by atoms with Crippen molar-refractivity contribution in [2.75, 3.05) is 12.5 Å². The van der Waals surface area contributed by atoms with Gasteiger partial charge in [0.15, 0.2) is 0 Å². The van der Waals surface area contributed by atoms with Crippen molar-refractivity contribution >= 4 is 11.6 Å². The Morgan fingerprint density at radius 3 is 2.50 bits per heavy atom. The summed E-state index contributed by atoms with van der Waals surface area (Å²) in [5.41, 5.74) is 0. The summed E-state index contributed by atoms with van der Waals surface area (Å²) >= 11 is 5.41. The molecule has 0 amide bonds. The first-order valence-corrected chi connectivity index (χ1v) is 4.36. The first-order valence-electron chi connectivity index (χ1n) is 3.82. The lowest BCUT2D eigenvalue weighted by molar-refractivity contribution is -0.0837. The van der Waals surface area contributed by atoms with Crippen LogP contribution in [0.2, 0.25) is 0 Å². The standard InChI is InChI=1S/C7H14ClNO/c8-6-9(10)5-7-3-1-2-4-7/h7,10H,1-6H2. The van der Waals surface area contributed by atoms with Crippen LogP contribution in [0.15, 0.2) is 0 Å². The second-order valence-electron chi connectivity index (χ2n) is 2.96. The summed E-state index contributed by atoms with van der Waals surface area (Å²) in [6.45, 7) is 0.753. The molecule has 1 saturated carbocycles. The summed E-state index contributed by atoms with van der Waals surface area (Å²) in [7, 11) is 0. The maximum Gasteiger partial charge on any atom is 0.0981 e. The third-order valence-electron chi connectivity index (χ3n) is 2.08. The highest BCUT2D eigenvalue weighted by atomic mass is 35.5. The molecule has 0 aromatic heterocycles. The molecule has 0 atom stereocenters. The fourth-order valence-corrected chi connectivity index (χ4v) is 1.64. The smallest absolute Gasteiger partial charge is 0.0981 e. The van der Waals surface area contributed by atoms with Crippen molar-refractivity contribution < 1.29 is 5.21 Å². The van der Waals surface area contributed by atoms with Crippen LogP contribution in [-0.2, 0) is 0 Å². The molecule has 0 aromatic carbocycles. The number of nitrogens with zero attached hydrogens (tertiary/aromatic N) is 1. The van der Waals surface area contributed by atoms with Gasteiger partial charge in [-0.3, -0.25) is 0 Å². The van der Waals surface area contributed by atoms with Crippen LogP contribution in [0.4, 0.5) is 0 Å². The Morgan fingerprint density at radius 1 is 1.40 bits per heavy atom. The summed E-state index contributed by atoms with van der Waals surface area (Å²) < 4.78 is 0. The van der Waals surface area contributed by atoms with Gasteiger partial charge in [0.05, 0.1) is 6.00 Å². The highest BCUT2D eigenvalue weighted by Gasteiger charge is 2.16. The molecule has 0 radical (unpaired) electrons. The summed E-state index contributed by atoms with van der Waals surface area (Å²) in [4.78, 5) is 0. The third kappa shape index (κ3) is 2.45. The Labute approximate surface area is 66.7 Å². The quantitative estimate of drug-likeness (QED) is 0.391. The van der Waals surface area contributed by atoms with Gasteiger partial charge in [0.2, 0.25) is 0 Å².